The van der Waals surface area contributed by atoms with Crippen LogP contribution in [0.3, 0.4) is 0 Å². The average molecular weight is 419 g/mol. The van der Waals surface area contributed by atoms with Crippen LogP contribution in [0.15, 0.2) is 48.5 Å². The maximum absolute atomic E-state index is 12.3. The Bertz CT molecular complexity index is 932. The van der Waals surface area contributed by atoms with Gasteiger partial charge in [0.05, 0.1) is 18.5 Å². The van der Waals surface area contributed by atoms with Gasteiger partial charge in [0.2, 0.25) is 10.0 Å². The Balaban J connectivity index is 1.92. The largest absolute Gasteiger partial charge is 0.491 e. The molecule has 0 aliphatic heterocycles. The van der Waals surface area contributed by atoms with Gasteiger partial charge in [0.25, 0.3) is 5.91 Å². The van der Waals surface area contributed by atoms with E-state index in [2.05, 4.69) is 26.1 Å². The molecule has 7 heteroatoms. The zero-order chi connectivity index (χ0) is 21.7. The summed E-state index contributed by atoms with van der Waals surface area (Å²) in [5.41, 5.74) is 2.09. The molecule has 0 saturated carbocycles. The lowest BCUT2D eigenvalue weighted by Gasteiger charge is -2.22. The van der Waals surface area contributed by atoms with Crippen molar-refractivity contribution in [2.45, 2.75) is 33.1 Å². The number of benzene rings is 2. The number of carbonyl (C=O) groups excluding carboxylic acids is 1. The van der Waals surface area contributed by atoms with Gasteiger partial charge in [-0.05, 0) is 48.2 Å². The minimum Gasteiger partial charge on any atom is -0.491 e. The molecule has 1 N–H and O–H groups in total. The number of sulfonamides is 1. The van der Waals surface area contributed by atoms with Crippen molar-refractivity contribution in [1.29, 1.82) is 0 Å². The molecule has 0 unspecified atom stereocenters. The minimum absolute atomic E-state index is 0.0278. The number of anilines is 1. The number of nitrogens with one attached hydrogen (secondary N) is 1. The molecule has 0 heterocycles. The Labute approximate surface area is 173 Å². The lowest BCUT2D eigenvalue weighted by atomic mass is 9.86. The van der Waals surface area contributed by atoms with Crippen LogP contribution >= 0.6 is 0 Å². The first kappa shape index (κ1) is 22.7. The van der Waals surface area contributed by atoms with Gasteiger partial charge >= 0.3 is 0 Å². The van der Waals surface area contributed by atoms with E-state index in [0.717, 1.165) is 17.6 Å². The number of ether oxygens (including phenoxy) is 1. The SMILES string of the molecule is CCN(c1ccc(C(=O)NCCOc2ccccc2C(C)(C)C)cc1)S(C)(=O)=O. The van der Waals surface area contributed by atoms with E-state index in [1.54, 1.807) is 31.2 Å². The number of amides is 1. The quantitative estimate of drug-likeness (QED) is 0.665. The van der Waals surface area contributed by atoms with Crippen LogP contribution in [0, 0.1) is 0 Å². The van der Waals surface area contributed by atoms with Gasteiger partial charge in [0.1, 0.15) is 12.4 Å². The topological polar surface area (TPSA) is 75.7 Å². The first-order valence-electron chi connectivity index (χ1n) is 9.62. The maximum Gasteiger partial charge on any atom is 0.251 e. The molecule has 0 fully saturated rings. The van der Waals surface area contributed by atoms with Crippen molar-refractivity contribution >= 4 is 21.6 Å². The lowest BCUT2D eigenvalue weighted by Crippen LogP contribution is -2.30. The highest BCUT2D eigenvalue weighted by molar-refractivity contribution is 7.92. The molecule has 2 aromatic carbocycles. The molecule has 2 aromatic rings. The van der Waals surface area contributed by atoms with E-state index in [0.29, 0.717) is 30.9 Å². The van der Waals surface area contributed by atoms with E-state index in [1.807, 2.05) is 24.3 Å². The van der Waals surface area contributed by atoms with Crippen LogP contribution in [0.2, 0.25) is 0 Å². The summed E-state index contributed by atoms with van der Waals surface area (Å²) in [7, 11) is -3.34. The summed E-state index contributed by atoms with van der Waals surface area (Å²) in [6.45, 7) is 9.20. The molecule has 0 aromatic heterocycles. The van der Waals surface area contributed by atoms with Gasteiger partial charge in [0, 0.05) is 12.1 Å². The third-order valence-electron chi connectivity index (χ3n) is 4.45. The standard InChI is InChI=1S/C22H30N2O4S/c1-6-24(29(5,26)27)18-13-11-17(12-14-18)21(25)23-15-16-28-20-10-8-7-9-19(20)22(2,3)4/h7-14H,6,15-16H2,1-5H3,(H,23,25). The fourth-order valence-electron chi connectivity index (χ4n) is 3.03. The summed E-state index contributed by atoms with van der Waals surface area (Å²) in [6.07, 6.45) is 1.16. The monoisotopic (exact) mass is 418 g/mol. The molecule has 0 bridgehead atoms. The highest BCUT2D eigenvalue weighted by Gasteiger charge is 2.18. The Morgan fingerprint density at radius 2 is 1.69 bits per heavy atom. The third-order valence-corrected chi connectivity index (χ3v) is 5.71. The van der Waals surface area contributed by atoms with Crippen LogP contribution in [0.1, 0.15) is 43.6 Å². The van der Waals surface area contributed by atoms with Gasteiger partial charge in [-0.1, -0.05) is 39.0 Å². The Morgan fingerprint density at radius 1 is 1.07 bits per heavy atom. The van der Waals surface area contributed by atoms with Gasteiger partial charge in [-0.15, -0.1) is 0 Å². The molecule has 0 spiro atoms. The molecule has 0 atom stereocenters. The molecule has 0 aliphatic rings. The average Bonchev–Trinajstić information content (AvgIpc) is 2.64. The van der Waals surface area contributed by atoms with Crippen LogP contribution in [0.25, 0.3) is 0 Å². The lowest BCUT2D eigenvalue weighted by molar-refractivity contribution is 0.0947. The number of hydrogen-bond acceptors (Lipinski definition) is 4. The van der Waals surface area contributed by atoms with Crippen molar-refractivity contribution < 1.29 is 17.9 Å². The molecule has 0 aliphatic carbocycles. The molecule has 29 heavy (non-hydrogen) atoms. The van der Waals surface area contributed by atoms with Crippen LogP contribution in [-0.4, -0.2) is 40.3 Å². The second-order valence-electron chi connectivity index (χ2n) is 7.83. The maximum atomic E-state index is 12.3. The van der Waals surface area contributed by atoms with Crippen LogP contribution in [0.4, 0.5) is 5.69 Å². The first-order valence-corrected chi connectivity index (χ1v) is 11.5. The van der Waals surface area contributed by atoms with Gasteiger partial charge in [-0.2, -0.15) is 0 Å². The second kappa shape index (κ2) is 9.31. The van der Waals surface area contributed by atoms with Crippen molar-refractivity contribution in [3.05, 3.63) is 59.7 Å². The van der Waals surface area contributed by atoms with Crippen molar-refractivity contribution in [3.8, 4) is 5.75 Å². The van der Waals surface area contributed by atoms with Crippen molar-refractivity contribution in [2.75, 3.05) is 30.3 Å². The predicted molar refractivity (Wildman–Crippen MR) is 117 cm³/mol. The fraction of sp³-hybridized carbons (Fsp3) is 0.409. The van der Waals surface area contributed by atoms with Crippen molar-refractivity contribution in [3.63, 3.8) is 0 Å². The molecule has 2 rings (SSSR count). The molecule has 0 radical (unpaired) electrons. The van der Waals surface area contributed by atoms with Crippen molar-refractivity contribution in [2.24, 2.45) is 0 Å². The summed E-state index contributed by atoms with van der Waals surface area (Å²) in [5, 5.41) is 2.82. The highest BCUT2D eigenvalue weighted by atomic mass is 32.2. The van der Waals surface area contributed by atoms with E-state index >= 15 is 0 Å². The van der Waals surface area contributed by atoms with E-state index in [4.69, 9.17) is 4.74 Å². The Morgan fingerprint density at radius 3 is 2.24 bits per heavy atom. The normalized spacial score (nSPS) is 11.8. The highest BCUT2D eigenvalue weighted by Crippen LogP contribution is 2.30. The fourth-order valence-corrected chi connectivity index (χ4v) is 4.00. The van der Waals surface area contributed by atoms with Crippen LogP contribution in [-0.2, 0) is 15.4 Å². The zero-order valence-electron chi connectivity index (χ0n) is 17.7. The summed E-state index contributed by atoms with van der Waals surface area (Å²) in [4.78, 5) is 12.3. The Hall–Kier alpha value is -2.54. The van der Waals surface area contributed by atoms with Gasteiger partial charge in [-0.25, -0.2) is 8.42 Å². The summed E-state index contributed by atoms with van der Waals surface area (Å²) in [6, 6.07) is 14.4. The van der Waals surface area contributed by atoms with Gasteiger partial charge in [0.15, 0.2) is 0 Å². The number of nitrogens with zero attached hydrogens (tertiary/aromatic N) is 1. The number of rotatable bonds is 8. The second-order valence-corrected chi connectivity index (χ2v) is 9.73. The van der Waals surface area contributed by atoms with E-state index in [9.17, 15) is 13.2 Å². The smallest absolute Gasteiger partial charge is 0.251 e. The summed E-state index contributed by atoms with van der Waals surface area (Å²) >= 11 is 0. The van der Waals surface area contributed by atoms with Gasteiger partial charge in [-0.3, -0.25) is 9.10 Å². The number of carbonyl (C=O) groups is 1. The number of para-hydroxylation sites is 1. The van der Waals surface area contributed by atoms with Crippen LogP contribution in [0.5, 0.6) is 5.75 Å². The molecular formula is C22H30N2O4S. The van der Waals surface area contributed by atoms with E-state index in [-0.39, 0.29) is 11.3 Å². The minimum atomic E-state index is -3.34. The molecule has 1 amide bonds. The molecule has 6 nitrogen and oxygen atoms in total. The first-order chi connectivity index (χ1) is 13.5. The summed E-state index contributed by atoms with van der Waals surface area (Å²) in [5.74, 6) is 0.589. The van der Waals surface area contributed by atoms with Crippen LogP contribution < -0.4 is 14.4 Å². The van der Waals surface area contributed by atoms with Crippen molar-refractivity contribution in [1.82, 2.24) is 5.32 Å². The third kappa shape index (κ3) is 6.22. The molecular weight excluding hydrogens is 388 g/mol. The van der Waals surface area contributed by atoms with E-state index in [1.165, 1.54) is 4.31 Å². The molecule has 158 valence electrons. The summed E-state index contributed by atoms with van der Waals surface area (Å²) < 4.78 is 30.7. The number of hydrogen-bond donors (Lipinski definition) is 1. The Kier molecular flexibility index (Phi) is 7.30. The molecule has 0 saturated heterocycles. The van der Waals surface area contributed by atoms with E-state index < -0.39 is 10.0 Å². The zero-order valence-corrected chi connectivity index (χ0v) is 18.5. The predicted octanol–water partition coefficient (Wildman–Crippen LogP) is 3.58. The van der Waals surface area contributed by atoms with Gasteiger partial charge < -0.3 is 10.1 Å².